The van der Waals surface area contributed by atoms with Crippen LogP contribution in [-0.2, 0) is 9.47 Å². The number of benzene rings is 1. The zero-order chi connectivity index (χ0) is 29.4. The summed E-state index contributed by atoms with van der Waals surface area (Å²) in [6, 6.07) is 3.81. The summed E-state index contributed by atoms with van der Waals surface area (Å²) in [6.45, 7) is 12.8. The van der Waals surface area contributed by atoms with Crippen molar-refractivity contribution in [2.75, 3.05) is 13.2 Å². The van der Waals surface area contributed by atoms with Gasteiger partial charge in [0.15, 0.2) is 11.6 Å². The Bertz CT molecular complexity index is 1400. The highest BCUT2D eigenvalue weighted by Crippen LogP contribution is 2.38. The number of halogens is 3. The number of carbonyl (C=O) groups is 1. The van der Waals surface area contributed by atoms with Gasteiger partial charge in [0.2, 0.25) is 5.88 Å². The SMILES string of the molecule is CC(C)Oc1ncc(-c2nnc(-c3cc(F)c(OC[C@@H]4COC(C)(C)N4C(=O)OC(C)(C)C)cc3Cl)s2)cc1Cl. The van der Waals surface area contributed by atoms with E-state index in [1.54, 1.807) is 46.9 Å². The summed E-state index contributed by atoms with van der Waals surface area (Å²) in [4.78, 5) is 18.6. The Kier molecular flexibility index (Phi) is 8.79. The van der Waals surface area contributed by atoms with E-state index in [1.807, 2.05) is 13.8 Å². The predicted octanol–water partition coefficient (Wildman–Crippen LogP) is 7.25. The highest BCUT2D eigenvalue weighted by atomic mass is 35.5. The molecule has 1 aliphatic rings. The molecule has 13 heteroatoms. The number of carbonyl (C=O) groups excluding carboxylic acids is 1. The van der Waals surface area contributed by atoms with E-state index in [4.69, 9.17) is 42.1 Å². The lowest BCUT2D eigenvalue weighted by molar-refractivity contribution is -0.0637. The van der Waals surface area contributed by atoms with Crippen molar-refractivity contribution in [2.24, 2.45) is 0 Å². The van der Waals surface area contributed by atoms with Crippen LogP contribution in [0.3, 0.4) is 0 Å². The third-order valence-electron chi connectivity index (χ3n) is 5.67. The summed E-state index contributed by atoms with van der Waals surface area (Å²) in [6.07, 6.45) is 0.972. The zero-order valence-electron chi connectivity index (χ0n) is 23.3. The molecule has 0 unspecified atom stereocenters. The molecule has 0 aliphatic carbocycles. The van der Waals surface area contributed by atoms with Crippen LogP contribution in [0.4, 0.5) is 9.18 Å². The van der Waals surface area contributed by atoms with Crippen LogP contribution in [0.5, 0.6) is 11.6 Å². The number of hydrogen-bond donors (Lipinski definition) is 0. The second-order valence-electron chi connectivity index (χ2n) is 10.9. The largest absolute Gasteiger partial charge is 0.488 e. The topological polar surface area (TPSA) is 95.9 Å². The van der Waals surface area contributed by atoms with Gasteiger partial charge >= 0.3 is 6.09 Å². The van der Waals surface area contributed by atoms with Crippen molar-refractivity contribution in [3.63, 3.8) is 0 Å². The van der Waals surface area contributed by atoms with Crippen molar-refractivity contribution >= 4 is 40.6 Å². The monoisotopic (exact) mass is 612 g/mol. The van der Waals surface area contributed by atoms with Crippen LogP contribution < -0.4 is 9.47 Å². The van der Waals surface area contributed by atoms with E-state index in [0.29, 0.717) is 32.0 Å². The Balaban J connectivity index is 1.49. The summed E-state index contributed by atoms with van der Waals surface area (Å²) >= 11 is 14.0. The number of amides is 1. The van der Waals surface area contributed by atoms with Gasteiger partial charge in [-0.15, -0.1) is 10.2 Å². The Labute approximate surface area is 246 Å². The lowest BCUT2D eigenvalue weighted by Gasteiger charge is -2.35. The van der Waals surface area contributed by atoms with Crippen LogP contribution in [0.2, 0.25) is 10.0 Å². The Morgan fingerprint density at radius 3 is 2.55 bits per heavy atom. The van der Waals surface area contributed by atoms with Crippen LogP contribution in [0.15, 0.2) is 24.4 Å². The van der Waals surface area contributed by atoms with Crippen molar-refractivity contribution < 1.29 is 28.1 Å². The molecule has 1 amide bonds. The second kappa shape index (κ2) is 11.6. The number of pyridine rings is 1. The van der Waals surface area contributed by atoms with Gasteiger partial charge in [-0.25, -0.2) is 14.2 Å². The lowest BCUT2D eigenvalue weighted by Crippen LogP contribution is -2.51. The summed E-state index contributed by atoms with van der Waals surface area (Å²) < 4.78 is 37.8. The summed E-state index contributed by atoms with van der Waals surface area (Å²) in [5, 5.41) is 9.88. The molecule has 40 heavy (non-hydrogen) atoms. The van der Waals surface area contributed by atoms with Crippen LogP contribution in [0.25, 0.3) is 21.1 Å². The van der Waals surface area contributed by atoms with Crippen LogP contribution in [-0.4, -0.2) is 62.9 Å². The van der Waals surface area contributed by atoms with Crippen LogP contribution >= 0.6 is 34.5 Å². The minimum atomic E-state index is -0.909. The number of rotatable bonds is 7. The minimum Gasteiger partial charge on any atom is -0.488 e. The summed E-state index contributed by atoms with van der Waals surface area (Å²) in [7, 11) is 0. The molecular formula is C27H31Cl2FN4O5S. The van der Waals surface area contributed by atoms with Gasteiger partial charge in [-0.05, 0) is 60.6 Å². The van der Waals surface area contributed by atoms with E-state index < -0.39 is 29.3 Å². The maximum Gasteiger partial charge on any atom is 0.413 e. The number of ether oxygens (including phenoxy) is 4. The smallest absolute Gasteiger partial charge is 0.413 e. The average molecular weight is 614 g/mol. The van der Waals surface area contributed by atoms with Gasteiger partial charge in [-0.3, -0.25) is 4.90 Å². The Hall–Kier alpha value is -2.73. The van der Waals surface area contributed by atoms with Crippen molar-refractivity contribution in [3.8, 4) is 32.8 Å². The van der Waals surface area contributed by atoms with E-state index in [-0.39, 0.29) is 30.1 Å². The Morgan fingerprint density at radius 1 is 1.20 bits per heavy atom. The van der Waals surface area contributed by atoms with Gasteiger partial charge in [0.1, 0.15) is 33.0 Å². The van der Waals surface area contributed by atoms with Crippen molar-refractivity contribution in [1.82, 2.24) is 20.1 Å². The zero-order valence-corrected chi connectivity index (χ0v) is 25.6. The molecule has 4 rings (SSSR count). The number of aromatic nitrogens is 3. The first-order chi connectivity index (χ1) is 18.6. The maximum atomic E-state index is 15.1. The quantitative estimate of drug-likeness (QED) is 0.275. The highest BCUT2D eigenvalue weighted by Gasteiger charge is 2.46. The third kappa shape index (κ3) is 6.94. The maximum absolute atomic E-state index is 15.1. The van der Waals surface area contributed by atoms with Gasteiger partial charge in [0, 0.05) is 23.4 Å². The molecule has 216 valence electrons. The van der Waals surface area contributed by atoms with E-state index in [1.165, 1.54) is 28.4 Å². The van der Waals surface area contributed by atoms with Crippen LogP contribution in [0, 0.1) is 5.82 Å². The molecule has 0 bridgehead atoms. The predicted molar refractivity (Wildman–Crippen MR) is 152 cm³/mol. The van der Waals surface area contributed by atoms with Gasteiger partial charge in [-0.2, -0.15) is 0 Å². The molecule has 3 aromatic rings. The van der Waals surface area contributed by atoms with E-state index in [0.717, 1.165) is 0 Å². The molecule has 1 aliphatic heterocycles. The molecule has 0 N–H and O–H groups in total. The minimum absolute atomic E-state index is 0.0253. The molecular weight excluding hydrogens is 582 g/mol. The standard InChI is InChI=1S/C27H31Cl2FN4O5S/c1-14(2)38-22-19(29)8-15(11-31-22)23-32-33-24(40-23)17-9-20(30)21(10-18(17)28)36-12-16-13-37-27(6,7)34(16)25(35)39-26(3,4)5/h8-11,14,16H,12-13H2,1-7H3/t16-/m1/s1. The first kappa shape index (κ1) is 30.2. The fourth-order valence-corrected chi connectivity index (χ4v) is 5.34. The molecule has 3 heterocycles. The molecule has 0 radical (unpaired) electrons. The molecule has 1 aromatic carbocycles. The average Bonchev–Trinajstić information content (AvgIpc) is 3.43. The van der Waals surface area contributed by atoms with E-state index in [2.05, 4.69) is 15.2 Å². The normalized spacial score (nSPS) is 16.9. The van der Waals surface area contributed by atoms with E-state index in [9.17, 15) is 4.79 Å². The number of nitrogens with zero attached hydrogens (tertiary/aromatic N) is 4. The van der Waals surface area contributed by atoms with Gasteiger partial charge in [-0.1, -0.05) is 34.5 Å². The lowest BCUT2D eigenvalue weighted by atomic mass is 10.2. The van der Waals surface area contributed by atoms with Crippen molar-refractivity contribution in [3.05, 3.63) is 40.3 Å². The molecule has 1 saturated heterocycles. The van der Waals surface area contributed by atoms with Crippen LogP contribution in [0.1, 0.15) is 48.5 Å². The molecule has 0 spiro atoms. The highest BCUT2D eigenvalue weighted by molar-refractivity contribution is 7.18. The molecule has 2 aromatic heterocycles. The first-order valence-electron chi connectivity index (χ1n) is 12.6. The second-order valence-corrected chi connectivity index (χ2v) is 12.7. The van der Waals surface area contributed by atoms with E-state index >= 15 is 4.39 Å². The first-order valence-corrected chi connectivity index (χ1v) is 14.2. The fraction of sp³-hybridized carbons (Fsp3) is 0.481. The Morgan fingerprint density at radius 2 is 1.90 bits per heavy atom. The molecule has 9 nitrogen and oxygen atoms in total. The summed E-state index contributed by atoms with van der Waals surface area (Å²) in [5.74, 6) is -0.380. The summed E-state index contributed by atoms with van der Waals surface area (Å²) in [5.41, 5.74) is -0.601. The fourth-order valence-electron chi connectivity index (χ4n) is 3.98. The molecule has 1 fully saturated rings. The van der Waals surface area contributed by atoms with Crippen molar-refractivity contribution in [1.29, 1.82) is 0 Å². The molecule has 1 atom stereocenters. The third-order valence-corrected chi connectivity index (χ3v) is 7.26. The number of hydrogen-bond acceptors (Lipinski definition) is 9. The molecule has 0 saturated carbocycles. The van der Waals surface area contributed by atoms with Crippen molar-refractivity contribution in [2.45, 2.75) is 71.9 Å². The van der Waals surface area contributed by atoms with Gasteiger partial charge < -0.3 is 18.9 Å². The van der Waals surface area contributed by atoms with Gasteiger partial charge in [0.25, 0.3) is 0 Å². The van der Waals surface area contributed by atoms with Gasteiger partial charge in [0.05, 0.1) is 23.8 Å².